The number of ketones is 1. The minimum atomic E-state index is -1.02. The molecule has 1 aromatic heterocycles. The molecule has 0 saturated heterocycles. The van der Waals surface area contributed by atoms with E-state index in [1.165, 1.54) is 6.39 Å². The third-order valence-corrected chi connectivity index (χ3v) is 5.33. The zero-order valence-electron chi connectivity index (χ0n) is 18.6. The lowest BCUT2D eigenvalue weighted by atomic mass is 9.99. The molecule has 1 aliphatic heterocycles. The Hall–Kier alpha value is -3.69. The normalized spacial score (nSPS) is 17.5. The fourth-order valence-electron chi connectivity index (χ4n) is 3.47. The van der Waals surface area contributed by atoms with E-state index in [1.807, 2.05) is 30.3 Å². The lowest BCUT2D eigenvalue weighted by Crippen LogP contribution is -2.55. The van der Waals surface area contributed by atoms with Crippen molar-refractivity contribution in [2.45, 2.75) is 58.3 Å². The van der Waals surface area contributed by atoms with Gasteiger partial charge in [0.25, 0.3) is 5.91 Å². The molecule has 1 aromatic carbocycles. The number of nitrogens with one attached hydrogen (secondary N) is 3. The van der Waals surface area contributed by atoms with Gasteiger partial charge in [-0.25, -0.2) is 9.78 Å². The highest BCUT2D eigenvalue weighted by Crippen LogP contribution is 2.14. The zero-order valence-corrected chi connectivity index (χ0v) is 18.6. The van der Waals surface area contributed by atoms with Gasteiger partial charge in [0, 0.05) is 6.42 Å². The smallest absolute Gasteiger partial charge is 0.408 e. The van der Waals surface area contributed by atoms with Gasteiger partial charge in [-0.3, -0.25) is 14.4 Å². The van der Waals surface area contributed by atoms with Gasteiger partial charge >= 0.3 is 6.09 Å². The summed E-state index contributed by atoms with van der Waals surface area (Å²) in [5, 5.41) is 7.69. The highest BCUT2D eigenvalue weighted by molar-refractivity contribution is 6.38. The number of carbonyl (C=O) groups excluding carboxylic acids is 4. The van der Waals surface area contributed by atoms with E-state index in [1.54, 1.807) is 13.8 Å². The van der Waals surface area contributed by atoms with Crippen molar-refractivity contribution in [2.24, 2.45) is 5.92 Å². The Morgan fingerprint density at radius 1 is 1.24 bits per heavy atom. The first-order valence-corrected chi connectivity index (χ1v) is 10.9. The molecule has 0 saturated carbocycles. The van der Waals surface area contributed by atoms with Crippen LogP contribution >= 0.6 is 0 Å². The second-order valence-corrected chi connectivity index (χ2v) is 8.15. The molecular formula is C23H28N4O6. The molecule has 3 rings (SSSR count). The lowest BCUT2D eigenvalue weighted by Gasteiger charge is -2.25. The van der Waals surface area contributed by atoms with Gasteiger partial charge in [0.2, 0.25) is 11.7 Å². The van der Waals surface area contributed by atoms with Gasteiger partial charge < -0.3 is 25.1 Å². The second-order valence-electron chi connectivity index (χ2n) is 8.15. The molecule has 0 bridgehead atoms. The Kier molecular flexibility index (Phi) is 8.17. The summed E-state index contributed by atoms with van der Waals surface area (Å²) in [7, 11) is 0. The van der Waals surface area contributed by atoms with Crippen LogP contribution in [0.15, 0.2) is 41.1 Å². The molecule has 3 amide bonds. The van der Waals surface area contributed by atoms with Crippen molar-refractivity contribution in [3.05, 3.63) is 53.7 Å². The van der Waals surface area contributed by atoms with E-state index >= 15 is 0 Å². The van der Waals surface area contributed by atoms with Crippen LogP contribution < -0.4 is 16.0 Å². The SMILES string of the molecule is CC(C)C(NC(=O)OCc1ccccc1)C(=O)NC1CCCc2ocnc2CNC(=O)C1=O. The van der Waals surface area contributed by atoms with Crippen LogP contribution in [0, 0.1) is 5.92 Å². The maximum absolute atomic E-state index is 12.9. The maximum Gasteiger partial charge on any atom is 0.408 e. The number of Topliss-reactive ketones (excluding diaryl/α,β-unsaturated/α-hetero) is 1. The molecule has 0 fully saturated rings. The number of rotatable bonds is 6. The van der Waals surface area contributed by atoms with Gasteiger partial charge in [-0.15, -0.1) is 0 Å². The fourth-order valence-corrected chi connectivity index (χ4v) is 3.47. The molecule has 1 aliphatic rings. The van der Waals surface area contributed by atoms with Crippen LogP contribution in [0.1, 0.15) is 43.7 Å². The Balaban J connectivity index is 1.61. The second kappa shape index (κ2) is 11.3. The third-order valence-electron chi connectivity index (χ3n) is 5.33. The first-order chi connectivity index (χ1) is 15.8. The molecule has 33 heavy (non-hydrogen) atoms. The van der Waals surface area contributed by atoms with E-state index in [9.17, 15) is 19.2 Å². The molecule has 2 atom stereocenters. The van der Waals surface area contributed by atoms with Crippen molar-refractivity contribution < 1.29 is 28.3 Å². The quantitative estimate of drug-likeness (QED) is 0.561. The van der Waals surface area contributed by atoms with E-state index in [2.05, 4.69) is 20.9 Å². The lowest BCUT2D eigenvalue weighted by molar-refractivity contribution is -0.140. The molecule has 2 heterocycles. The number of hydrogen-bond acceptors (Lipinski definition) is 7. The molecule has 3 N–H and O–H groups in total. The predicted molar refractivity (Wildman–Crippen MR) is 117 cm³/mol. The highest BCUT2D eigenvalue weighted by atomic mass is 16.5. The van der Waals surface area contributed by atoms with Crippen molar-refractivity contribution in [1.29, 1.82) is 0 Å². The van der Waals surface area contributed by atoms with Crippen molar-refractivity contribution in [2.75, 3.05) is 0 Å². The molecule has 2 aromatic rings. The summed E-state index contributed by atoms with van der Waals surface area (Å²) >= 11 is 0. The first kappa shape index (κ1) is 24.0. The number of amides is 3. The van der Waals surface area contributed by atoms with Crippen LogP contribution in [-0.2, 0) is 38.7 Å². The number of benzene rings is 1. The molecule has 176 valence electrons. The number of fused-ring (bicyclic) bond motifs is 1. The Morgan fingerprint density at radius 3 is 2.73 bits per heavy atom. The van der Waals surface area contributed by atoms with Crippen molar-refractivity contribution in [3.8, 4) is 0 Å². The minimum Gasteiger partial charge on any atom is -0.448 e. The summed E-state index contributed by atoms with van der Waals surface area (Å²) in [6.07, 6.45) is 1.81. The van der Waals surface area contributed by atoms with Crippen LogP contribution in [0.5, 0.6) is 0 Å². The summed E-state index contributed by atoms with van der Waals surface area (Å²) in [5.41, 5.74) is 1.39. The standard InChI is InChI=1S/C23H28N4O6/c1-14(2)19(27-23(31)32-12-15-7-4-3-5-8-15)21(29)26-16-9-6-10-18-17(25-13-33-18)11-24-22(30)20(16)28/h3-5,7-8,13-14,16,19H,6,9-12H2,1-2H3,(H,24,30)(H,26,29)(H,27,31). The Labute approximate surface area is 191 Å². The van der Waals surface area contributed by atoms with Crippen molar-refractivity contribution >= 4 is 23.7 Å². The number of aromatic nitrogens is 1. The largest absolute Gasteiger partial charge is 0.448 e. The van der Waals surface area contributed by atoms with Crippen LogP contribution in [0.25, 0.3) is 0 Å². The summed E-state index contributed by atoms with van der Waals surface area (Å²) in [5.74, 6) is -1.77. The van der Waals surface area contributed by atoms with Gasteiger partial charge in [0.1, 0.15) is 24.1 Å². The van der Waals surface area contributed by atoms with Gasteiger partial charge in [0.05, 0.1) is 12.6 Å². The molecule has 2 unspecified atom stereocenters. The number of nitrogens with zero attached hydrogens (tertiary/aromatic N) is 1. The summed E-state index contributed by atoms with van der Waals surface area (Å²) in [6, 6.07) is 7.18. The summed E-state index contributed by atoms with van der Waals surface area (Å²) in [6.45, 7) is 3.65. The fraction of sp³-hybridized carbons (Fsp3) is 0.435. The van der Waals surface area contributed by atoms with E-state index in [4.69, 9.17) is 9.15 Å². The number of oxazole rings is 1. The van der Waals surface area contributed by atoms with Gasteiger partial charge in [-0.05, 0) is 24.3 Å². The third kappa shape index (κ3) is 6.64. The summed E-state index contributed by atoms with van der Waals surface area (Å²) < 4.78 is 10.5. The van der Waals surface area contributed by atoms with E-state index < -0.39 is 35.8 Å². The Morgan fingerprint density at radius 2 is 2.00 bits per heavy atom. The number of alkyl carbamates (subject to hydrolysis) is 1. The first-order valence-electron chi connectivity index (χ1n) is 10.9. The van der Waals surface area contributed by atoms with Gasteiger partial charge in [-0.1, -0.05) is 44.2 Å². The maximum atomic E-state index is 12.9. The van der Waals surface area contributed by atoms with Crippen LogP contribution in [0.2, 0.25) is 0 Å². The van der Waals surface area contributed by atoms with Crippen LogP contribution in [0.4, 0.5) is 4.79 Å². The number of carbonyl (C=O) groups is 4. The molecule has 10 nitrogen and oxygen atoms in total. The minimum absolute atomic E-state index is 0.0595. The van der Waals surface area contributed by atoms with Gasteiger partial charge in [0.15, 0.2) is 6.39 Å². The number of aryl methyl sites for hydroxylation is 1. The van der Waals surface area contributed by atoms with E-state index in [-0.39, 0.29) is 25.5 Å². The van der Waals surface area contributed by atoms with Crippen LogP contribution in [0.3, 0.4) is 0 Å². The zero-order chi connectivity index (χ0) is 23.8. The molecule has 0 spiro atoms. The van der Waals surface area contributed by atoms with Gasteiger partial charge in [-0.2, -0.15) is 0 Å². The average Bonchev–Trinajstić information content (AvgIpc) is 3.25. The Bertz CT molecular complexity index is 988. The van der Waals surface area contributed by atoms with Crippen LogP contribution in [-0.4, -0.2) is 40.8 Å². The van der Waals surface area contributed by atoms with E-state index in [0.717, 1.165) is 5.56 Å². The summed E-state index contributed by atoms with van der Waals surface area (Å²) in [4.78, 5) is 54.2. The molecule has 0 radical (unpaired) electrons. The number of ether oxygens (including phenoxy) is 1. The van der Waals surface area contributed by atoms with Crippen molar-refractivity contribution in [1.82, 2.24) is 20.9 Å². The molecule has 10 heteroatoms. The molecule has 0 aliphatic carbocycles. The number of hydrogen-bond donors (Lipinski definition) is 3. The average molecular weight is 456 g/mol. The predicted octanol–water partition coefficient (Wildman–Crippen LogP) is 1.63. The van der Waals surface area contributed by atoms with E-state index in [0.29, 0.717) is 24.3 Å². The van der Waals surface area contributed by atoms with Crippen molar-refractivity contribution in [3.63, 3.8) is 0 Å². The topological polar surface area (TPSA) is 140 Å². The highest BCUT2D eigenvalue weighted by Gasteiger charge is 2.32. The monoisotopic (exact) mass is 456 g/mol. The molecular weight excluding hydrogens is 428 g/mol.